The van der Waals surface area contributed by atoms with Crippen molar-refractivity contribution in [1.29, 1.82) is 0 Å². The van der Waals surface area contributed by atoms with E-state index in [4.69, 9.17) is 0 Å². The number of aryl methyl sites for hydroxylation is 1. The molecule has 0 saturated heterocycles. The van der Waals surface area contributed by atoms with Gasteiger partial charge in [0.05, 0.1) is 11.9 Å². The third kappa shape index (κ3) is 4.62. The second kappa shape index (κ2) is 8.31. The molecule has 1 aromatic carbocycles. The summed E-state index contributed by atoms with van der Waals surface area (Å²) in [6.45, 7) is 1.92. The van der Waals surface area contributed by atoms with Gasteiger partial charge in [0.15, 0.2) is 0 Å². The first-order valence-electron chi connectivity index (χ1n) is 9.16. The molecule has 6 nitrogen and oxygen atoms in total. The number of amides is 1. The zero-order valence-electron chi connectivity index (χ0n) is 15.8. The molecular formula is C23H19N5O. The maximum absolute atomic E-state index is 12.7. The van der Waals surface area contributed by atoms with E-state index in [0.29, 0.717) is 22.9 Å². The zero-order valence-corrected chi connectivity index (χ0v) is 15.8. The van der Waals surface area contributed by atoms with Crippen molar-refractivity contribution in [2.75, 3.05) is 10.6 Å². The van der Waals surface area contributed by atoms with Gasteiger partial charge in [0, 0.05) is 29.2 Å². The summed E-state index contributed by atoms with van der Waals surface area (Å²) >= 11 is 0. The number of hydrogen-bond acceptors (Lipinski definition) is 5. The van der Waals surface area contributed by atoms with E-state index in [-0.39, 0.29) is 5.91 Å². The number of carbonyl (C=O) groups excluding carboxylic acids is 1. The molecule has 2 N–H and O–H groups in total. The van der Waals surface area contributed by atoms with Crippen LogP contribution in [0.25, 0.3) is 11.1 Å². The van der Waals surface area contributed by atoms with Crippen LogP contribution < -0.4 is 10.6 Å². The highest BCUT2D eigenvalue weighted by molar-refractivity contribution is 6.04. The largest absolute Gasteiger partial charge is 0.325 e. The highest BCUT2D eigenvalue weighted by atomic mass is 16.1. The first-order valence-corrected chi connectivity index (χ1v) is 9.16. The number of carbonyl (C=O) groups is 1. The predicted molar refractivity (Wildman–Crippen MR) is 114 cm³/mol. The summed E-state index contributed by atoms with van der Waals surface area (Å²) in [5.74, 6) is 0.987. The van der Waals surface area contributed by atoms with Crippen molar-refractivity contribution in [2.24, 2.45) is 0 Å². The molecule has 0 fully saturated rings. The topological polar surface area (TPSA) is 79.8 Å². The maximum Gasteiger partial charge on any atom is 0.255 e. The molecule has 0 aliphatic rings. The normalized spacial score (nSPS) is 10.4. The monoisotopic (exact) mass is 381 g/mol. The Labute approximate surface area is 168 Å². The Hall–Kier alpha value is -4.06. The third-order valence-corrected chi connectivity index (χ3v) is 4.27. The summed E-state index contributed by atoms with van der Waals surface area (Å²) in [4.78, 5) is 25.6. The van der Waals surface area contributed by atoms with Gasteiger partial charge in [-0.25, -0.2) is 9.97 Å². The van der Waals surface area contributed by atoms with Gasteiger partial charge in [0.25, 0.3) is 5.91 Å². The molecule has 0 atom stereocenters. The van der Waals surface area contributed by atoms with Crippen molar-refractivity contribution in [2.45, 2.75) is 6.92 Å². The molecule has 0 saturated carbocycles. The average molecular weight is 381 g/mol. The highest BCUT2D eigenvalue weighted by Crippen LogP contribution is 2.21. The van der Waals surface area contributed by atoms with Gasteiger partial charge in [0.2, 0.25) is 0 Å². The molecular weight excluding hydrogens is 362 g/mol. The van der Waals surface area contributed by atoms with Crippen LogP contribution in [0, 0.1) is 6.92 Å². The van der Waals surface area contributed by atoms with Crippen LogP contribution in [0.5, 0.6) is 0 Å². The number of rotatable bonds is 5. The summed E-state index contributed by atoms with van der Waals surface area (Å²) in [5, 5.41) is 6.02. The molecule has 3 heterocycles. The van der Waals surface area contributed by atoms with Gasteiger partial charge in [0.1, 0.15) is 11.6 Å². The molecule has 0 bridgehead atoms. The number of nitrogens with one attached hydrogen (secondary N) is 2. The van der Waals surface area contributed by atoms with Crippen molar-refractivity contribution in [3.8, 4) is 11.1 Å². The molecule has 0 radical (unpaired) electrons. The molecule has 0 aliphatic heterocycles. The van der Waals surface area contributed by atoms with Crippen molar-refractivity contribution < 1.29 is 4.79 Å². The van der Waals surface area contributed by atoms with Crippen LogP contribution in [-0.2, 0) is 0 Å². The molecule has 1 amide bonds. The van der Waals surface area contributed by atoms with Crippen molar-refractivity contribution >= 4 is 23.2 Å². The standard InChI is InChI=1S/C23H19N5O/c1-16-6-5-9-21(26-16)28-22-13-18(10-11-25-22)23(29)27-20-12-19(14-24-15-20)17-7-3-2-4-8-17/h2-15H,1H3,(H,27,29)(H,25,26,28). The van der Waals surface area contributed by atoms with Crippen LogP contribution in [-0.4, -0.2) is 20.9 Å². The van der Waals surface area contributed by atoms with Crippen LogP contribution in [0.3, 0.4) is 0 Å². The minimum absolute atomic E-state index is 0.236. The van der Waals surface area contributed by atoms with Gasteiger partial charge in [-0.2, -0.15) is 0 Å². The second-order valence-electron chi connectivity index (χ2n) is 6.50. The van der Waals surface area contributed by atoms with Crippen LogP contribution in [0.4, 0.5) is 17.3 Å². The first-order chi connectivity index (χ1) is 14.2. The van der Waals surface area contributed by atoms with Crippen molar-refractivity contribution in [3.63, 3.8) is 0 Å². The molecule has 142 valence electrons. The van der Waals surface area contributed by atoms with Gasteiger partial charge in [-0.15, -0.1) is 0 Å². The Kier molecular flexibility index (Phi) is 5.25. The first kappa shape index (κ1) is 18.3. The Morgan fingerprint density at radius 3 is 2.55 bits per heavy atom. The maximum atomic E-state index is 12.7. The van der Waals surface area contributed by atoms with E-state index in [1.54, 1.807) is 30.7 Å². The number of hydrogen-bond donors (Lipinski definition) is 2. The summed E-state index contributed by atoms with van der Waals surface area (Å²) < 4.78 is 0. The van der Waals surface area contributed by atoms with E-state index in [0.717, 1.165) is 16.8 Å². The lowest BCUT2D eigenvalue weighted by atomic mass is 10.1. The fraction of sp³-hybridized carbons (Fsp3) is 0.0435. The van der Waals surface area contributed by atoms with Crippen molar-refractivity contribution in [3.05, 3.63) is 96.6 Å². The fourth-order valence-electron chi connectivity index (χ4n) is 2.88. The van der Waals surface area contributed by atoms with Crippen LogP contribution >= 0.6 is 0 Å². The minimum Gasteiger partial charge on any atom is -0.325 e. The molecule has 0 aliphatic carbocycles. The van der Waals surface area contributed by atoms with E-state index in [1.807, 2.05) is 61.5 Å². The number of benzene rings is 1. The molecule has 0 spiro atoms. The summed E-state index contributed by atoms with van der Waals surface area (Å²) in [5.41, 5.74) is 3.99. The smallest absolute Gasteiger partial charge is 0.255 e. The number of aromatic nitrogens is 3. The molecule has 6 heteroatoms. The number of nitrogens with zero attached hydrogens (tertiary/aromatic N) is 3. The second-order valence-corrected chi connectivity index (χ2v) is 6.50. The lowest BCUT2D eigenvalue weighted by Gasteiger charge is -2.09. The molecule has 29 heavy (non-hydrogen) atoms. The van der Waals surface area contributed by atoms with Crippen LogP contribution in [0.2, 0.25) is 0 Å². The van der Waals surface area contributed by atoms with E-state index in [9.17, 15) is 4.79 Å². The Bertz CT molecular complexity index is 1140. The van der Waals surface area contributed by atoms with Crippen LogP contribution in [0.1, 0.15) is 16.1 Å². The summed E-state index contributed by atoms with van der Waals surface area (Å²) in [6.07, 6.45) is 4.99. The van der Waals surface area contributed by atoms with Gasteiger partial charge in [-0.3, -0.25) is 9.78 Å². The summed E-state index contributed by atoms with van der Waals surface area (Å²) in [7, 11) is 0. The molecule has 4 aromatic rings. The summed E-state index contributed by atoms with van der Waals surface area (Å²) in [6, 6.07) is 20.8. The van der Waals surface area contributed by atoms with E-state index < -0.39 is 0 Å². The SMILES string of the molecule is Cc1cccc(Nc2cc(C(=O)Nc3cncc(-c4ccccc4)c3)ccn2)n1. The van der Waals surface area contributed by atoms with Gasteiger partial charge in [-0.05, 0) is 42.8 Å². The van der Waals surface area contributed by atoms with Crippen molar-refractivity contribution in [1.82, 2.24) is 15.0 Å². The number of anilines is 3. The molecule has 4 rings (SSSR count). The minimum atomic E-state index is -0.236. The Balaban J connectivity index is 1.50. The van der Waals surface area contributed by atoms with E-state index >= 15 is 0 Å². The van der Waals surface area contributed by atoms with Gasteiger partial charge < -0.3 is 10.6 Å². The van der Waals surface area contributed by atoms with E-state index in [1.165, 1.54) is 0 Å². The van der Waals surface area contributed by atoms with Gasteiger partial charge >= 0.3 is 0 Å². The number of pyridine rings is 3. The quantitative estimate of drug-likeness (QED) is 0.517. The highest BCUT2D eigenvalue weighted by Gasteiger charge is 2.09. The Morgan fingerprint density at radius 2 is 1.72 bits per heavy atom. The van der Waals surface area contributed by atoms with Gasteiger partial charge in [-0.1, -0.05) is 36.4 Å². The fourth-order valence-corrected chi connectivity index (χ4v) is 2.88. The average Bonchev–Trinajstić information content (AvgIpc) is 2.75. The predicted octanol–water partition coefficient (Wildman–Crippen LogP) is 4.84. The lowest BCUT2D eigenvalue weighted by Crippen LogP contribution is -2.12. The molecule has 0 unspecified atom stereocenters. The third-order valence-electron chi connectivity index (χ3n) is 4.27. The lowest BCUT2D eigenvalue weighted by molar-refractivity contribution is 0.102. The van der Waals surface area contributed by atoms with E-state index in [2.05, 4.69) is 25.6 Å². The molecule has 3 aromatic heterocycles. The van der Waals surface area contributed by atoms with Crippen LogP contribution in [0.15, 0.2) is 85.3 Å². The zero-order chi connectivity index (χ0) is 20.1. The Morgan fingerprint density at radius 1 is 0.862 bits per heavy atom.